The van der Waals surface area contributed by atoms with Crippen LogP contribution in [0, 0.1) is 11.6 Å². The number of anilines is 1. The number of fused-ring (bicyclic) bond motifs is 1. The fourth-order valence-electron chi connectivity index (χ4n) is 3.50. The molecule has 1 aliphatic rings. The Morgan fingerprint density at radius 1 is 1.06 bits per heavy atom. The molecule has 3 heterocycles. The summed E-state index contributed by atoms with van der Waals surface area (Å²) in [7, 11) is 0. The highest BCUT2D eigenvalue weighted by Crippen LogP contribution is 2.44. The van der Waals surface area contributed by atoms with Crippen LogP contribution in [-0.4, -0.2) is 21.8 Å². The minimum absolute atomic E-state index is 0.155. The minimum atomic E-state index is -1.09. The summed E-state index contributed by atoms with van der Waals surface area (Å²) in [6.07, 6.45) is 1.38. The van der Waals surface area contributed by atoms with Gasteiger partial charge in [0.25, 0.3) is 5.78 Å². The van der Waals surface area contributed by atoms with Crippen LogP contribution in [0.1, 0.15) is 17.4 Å². The molecule has 0 aliphatic carbocycles. The van der Waals surface area contributed by atoms with Crippen molar-refractivity contribution < 1.29 is 27.9 Å². The lowest BCUT2D eigenvalue weighted by atomic mass is 9.99. The van der Waals surface area contributed by atoms with Crippen molar-refractivity contribution >= 4 is 44.1 Å². The highest BCUT2D eigenvalue weighted by Gasteiger charge is 2.49. The Balaban J connectivity index is 1.71. The number of amides is 1. The first-order chi connectivity index (χ1) is 14.9. The standard InChI is InChI=1S/C22H12F2N2O4S/c23-12-5-3-11(4-6-12)19(27)17-18(15-2-1-9-30-15)26(21(29)20(17)28)22-25-14-8-7-13(24)10-16(14)31-22/h1-10,18,27H. The van der Waals surface area contributed by atoms with Gasteiger partial charge in [-0.2, -0.15) is 0 Å². The van der Waals surface area contributed by atoms with Gasteiger partial charge in [-0.15, -0.1) is 0 Å². The van der Waals surface area contributed by atoms with Gasteiger partial charge >= 0.3 is 5.91 Å². The van der Waals surface area contributed by atoms with E-state index in [2.05, 4.69) is 4.98 Å². The SMILES string of the molecule is O=C1C(=O)N(c2nc3ccc(F)cc3s2)C(c2ccco2)C1=C(O)c1ccc(F)cc1. The van der Waals surface area contributed by atoms with Crippen LogP contribution in [0.2, 0.25) is 0 Å². The predicted molar refractivity (Wildman–Crippen MR) is 109 cm³/mol. The van der Waals surface area contributed by atoms with Crippen molar-refractivity contribution in [3.05, 3.63) is 89.4 Å². The van der Waals surface area contributed by atoms with Gasteiger partial charge in [-0.05, 0) is 54.6 Å². The van der Waals surface area contributed by atoms with Crippen molar-refractivity contribution in [2.75, 3.05) is 4.90 Å². The second-order valence-electron chi connectivity index (χ2n) is 6.80. The van der Waals surface area contributed by atoms with E-state index in [1.165, 1.54) is 36.6 Å². The summed E-state index contributed by atoms with van der Waals surface area (Å²) in [5, 5.41) is 11.0. The van der Waals surface area contributed by atoms with E-state index in [4.69, 9.17) is 4.42 Å². The van der Waals surface area contributed by atoms with Gasteiger partial charge in [-0.3, -0.25) is 14.5 Å². The fraction of sp³-hybridized carbons (Fsp3) is 0.0455. The lowest BCUT2D eigenvalue weighted by Gasteiger charge is -2.20. The number of carbonyl (C=O) groups is 2. The molecule has 9 heteroatoms. The van der Waals surface area contributed by atoms with Gasteiger partial charge in [-0.25, -0.2) is 13.8 Å². The molecule has 1 amide bonds. The average molecular weight is 438 g/mol. The van der Waals surface area contributed by atoms with Gasteiger partial charge < -0.3 is 9.52 Å². The van der Waals surface area contributed by atoms with Crippen molar-refractivity contribution in [2.24, 2.45) is 0 Å². The van der Waals surface area contributed by atoms with E-state index < -0.39 is 35.1 Å². The summed E-state index contributed by atoms with van der Waals surface area (Å²) in [5.41, 5.74) is 0.416. The van der Waals surface area contributed by atoms with Gasteiger partial charge in [0, 0.05) is 5.56 Å². The molecule has 0 radical (unpaired) electrons. The fourth-order valence-corrected chi connectivity index (χ4v) is 4.52. The number of ketones is 1. The third-order valence-electron chi connectivity index (χ3n) is 4.92. The number of benzene rings is 2. The number of Topliss-reactive ketones (excluding diaryl/α,β-unsaturated/α-hetero) is 1. The van der Waals surface area contributed by atoms with Crippen LogP contribution in [0.4, 0.5) is 13.9 Å². The van der Waals surface area contributed by atoms with E-state index >= 15 is 0 Å². The highest BCUT2D eigenvalue weighted by molar-refractivity contribution is 7.22. The number of hydrogen-bond donors (Lipinski definition) is 1. The van der Waals surface area contributed by atoms with Gasteiger partial charge in [0.05, 0.1) is 22.1 Å². The van der Waals surface area contributed by atoms with E-state index in [9.17, 15) is 23.5 Å². The number of carbonyl (C=O) groups excluding carboxylic acids is 2. The predicted octanol–water partition coefficient (Wildman–Crippen LogP) is 4.79. The van der Waals surface area contributed by atoms with Gasteiger partial charge in [0.15, 0.2) is 5.13 Å². The van der Waals surface area contributed by atoms with Gasteiger partial charge in [-0.1, -0.05) is 11.3 Å². The maximum Gasteiger partial charge on any atom is 0.302 e. The first-order valence-corrected chi connectivity index (χ1v) is 9.92. The Morgan fingerprint density at radius 3 is 2.52 bits per heavy atom. The minimum Gasteiger partial charge on any atom is -0.507 e. The summed E-state index contributed by atoms with van der Waals surface area (Å²) < 4.78 is 32.9. The van der Waals surface area contributed by atoms with Crippen LogP contribution in [0.5, 0.6) is 0 Å². The molecular weight excluding hydrogens is 426 g/mol. The van der Waals surface area contributed by atoms with Crippen LogP contribution < -0.4 is 4.90 Å². The molecule has 1 fully saturated rings. The molecule has 6 nitrogen and oxygen atoms in total. The number of nitrogens with zero attached hydrogens (tertiary/aromatic N) is 2. The zero-order chi connectivity index (χ0) is 21.7. The van der Waals surface area contributed by atoms with Crippen LogP contribution in [0.25, 0.3) is 16.0 Å². The van der Waals surface area contributed by atoms with Gasteiger partial charge in [0.2, 0.25) is 0 Å². The zero-order valence-electron chi connectivity index (χ0n) is 15.6. The normalized spacial score (nSPS) is 18.3. The largest absolute Gasteiger partial charge is 0.507 e. The Labute approximate surface area is 177 Å². The number of aliphatic hydroxyl groups excluding tert-OH is 1. The van der Waals surface area contributed by atoms with Crippen LogP contribution >= 0.6 is 11.3 Å². The maximum absolute atomic E-state index is 13.6. The van der Waals surface area contributed by atoms with E-state index in [0.29, 0.717) is 10.2 Å². The Morgan fingerprint density at radius 2 is 1.81 bits per heavy atom. The van der Waals surface area contributed by atoms with E-state index in [-0.39, 0.29) is 22.0 Å². The second-order valence-corrected chi connectivity index (χ2v) is 7.81. The van der Waals surface area contributed by atoms with Crippen LogP contribution in [-0.2, 0) is 9.59 Å². The van der Waals surface area contributed by atoms with Crippen molar-refractivity contribution in [3.8, 4) is 0 Å². The molecular formula is C22H12F2N2O4S. The average Bonchev–Trinajstić information content (AvgIpc) is 3.47. The lowest BCUT2D eigenvalue weighted by molar-refractivity contribution is -0.132. The Hall–Kier alpha value is -3.85. The summed E-state index contributed by atoms with van der Waals surface area (Å²) >= 11 is 1.03. The number of aromatic nitrogens is 1. The van der Waals surface area contributed by atoms with Crippen LogP contribution in [0.3, 0.4) is 0 Å². The van der Waals surface area contributed by atoms with Crippen molar-refractivity contribution in [3.63, 3.8) is 0 Å². The van der Waals surface area contributed by atoms with Crippen molar-refractivity contribution in [1.82, 2.24) is 4.98 Å². The quantitative estimate of drug-likeness (QED) is 0.282. The number of halogens is 2. The number of hydrogen-bond acceptors (Lipinski definition) is 6. The molecule has 154 valence electrons. The summed E-state index contributed by atoms with van der Waals surface area (Å²) in [4.78, 5) is 31.4. The Bertz CT molecular complexity index is 1360. The number of thiazole rings is 1. The molecule has 0 saturated carbocycles. The third kappa shape index (κ3) is 3.10. The molecule has 0 spiro atoms. The van der Waals surface area contributed by atoms with E-state index in [0.717, 1.165) is 28.4 Å². The molecule has 2 aromatic heterocycles. The summed E-state index contributed by atoms with van der Waals surface area (Å²) in [6.45, 7) is 0. The monoisotopic (exact) mass is 438 g/mol. The second kappa shape index (κ2) is 7.13. The van der Waals surface area contributed by atoms with Crippen molar-refractivity contribution in [1.29, 1.82) is 0 Å². The van der Waals surface area contributed by atoms with E-state index in [1.54, 1.807) is 12.1 Å². The highest BCUT2D eigenvalue weighted by atomic mass is 32.1. The molecule has 0 bridgehead atoms. The molecule has 1 N–H and O–H groups in total. The number of rotatable bonds is 3. The van der Waals surface area contributed by atoms with Crippen LogP contribution in [0.15, 0.2) is 70.9 Å². The molecule has 4 aromatic rings. The molecule has 1 atom stereocenters. The Kier molecular flexibility index (Phi) is 4.40. The molecule has 1 saturated heterocycles. The molecule has 2 aromatic carbocycles. The molecule has 1 aliphatic heterocycles. The smallest absolute Gasteiger partial charge is 0.302 e. The van der Waals surface area contributed by atoms with Crippen molar-refractivity contribution in [2.45, 2.75) is 6.04 Å². The molecule has 31 heavy (non-hydrogen) atoms. The first-order valence-electron chi connectivity index (χ1n) is 9.10. The lowest BCUT2D eigenvalue weighted by Crippen LogP contribution is -2.29. The topological polar surface area (TPSA) is 83.6 Å². The van der Waals surface area contributed by atoms with Gasteiger partial charge in [0.1, 0.15) is 29.2 Å². The number of aliphatic hydroxyl groups is 1. The number of furan rings is 1. The molecule has 1 unspecified atom stereocenters. The summed E-state index contributed by atoms with van der Waals surface area (Å²) in [5.74, 6) is -3.05. The maximum atomic E-state index is 13.6. The van der Waals surface area contributed by atoms with E-state index in [1.807, 2.05) is 0 Å². The molecule has 5 rings (SSSR count). The first kappa shape index (κ1) is 19.1. The zero-order valence-corrected chi connectivity index (χ0v) is 16.4. The third-order valence-corrected chi connectivity index (χ3v) is 5.94. The summed E-state index contributed by atoms with van der Waals surface area (Å²) in [6, 6.07) is 10.9.